The van der Waals surface area contributed by atoms with Gasteiger partial charge in [-0.1, -0.05) is 60.2 Å². The molecule has 0 saturated heterocycles. The van der Waals surface area contributed by atoms with Crippen LogP contribution < -0.4 is 5.63 Å². The van der Waals surface area contributed by atoms with Gasteiger partial charge in [0, 0.05) is 22.9 Å². The molecule has 3 aromatic carbocycles. The quantitative estimate of drug-likeness (QED) is 0.312. The largest absolute Gasteiger partial charge is 0.422 e. The zero-order valence-electron chi connectivity index (χ0n) is 13.8. The Bertz CT molecular complexity index is 1150. The van der Waals surface area contributed by atoms with Crippen LogP contribution in [-0.4, -0.2) is 5.78 Å². The van der Waals surface area contributed by atoms with E-state index in [0.717, 1.165) is 21.7 Å². The Morgan fingerprint density at radius 2 is 1.68 bits per heavy atom. The van der Waals surface area contributed by atoms with Crippen molar-refractivity contribution in [2.24, 2.45) is 0 Å². The van der Waals surface area contributed by atoms with E-state index in [0.29, 0.717) is 16.7 Å². The molecule has 3 nitrogen and oxygen atoms in total. The molecule has 0 bridgehead atoms. The smallest absolute Gasteiger partial charge is 0.339 e. The zero-order chi connectivity index (χ0) is 17.4. The lowest BCUT2D eigenvalue weighted by molar-refractivity contribution is 0.0992. The van der Waals surface area contributed by atoms with E-state index >= 15 is 0 Å². The predicted molar refractivity (Wildman–Crippen MR) is 99.2 cm³/mol. The van der Waals surface area contributed by atoms with Crippen molar-refractivity contribution in [2.75, 3.05) is 0 Å². The first-order valence-electron chi connectivity index (χ1n) is 8.16. The molecule has 0 aliphatic carbocycles. The van der Waals surface area contributed by atoms with Crippen molar-refractivity contribution >= 4 is 27.5 Å². The molecule has 0 aliphatic rings. The van der Waals surface area contributed by atoms with Crippen LogP contribution in [0, 0.1) is 6.92 Å². The fraction of sp³-hybridized carbons (Fsp3) is 0.0909. The highest BCUT2D eigenvalue weighted by molar-refractivity contribution is 6.06. The maximum absolute atomic E-state index is 12.5. The molecule has 0 radical (unpaired) electrons. The lowest BCUT2D eigenvalue weighted by Gasteiger charge is -2.06. The van der Waals surface area contributed by atoms with Crippen LogP contribution in [0.1, 0.15) is 21.5 Å². The van der Waals surface area contributed by atoms with E-state index in [1.165, 1.54) is 0 Å². The molecule has 0 aliphatic heterocycles. The van der Waals surface area contributed by atoms with Crippen molar-refractivity contribution in [2.45, 2.75) is 13.3 Å². The molecule has 0 unspecified atom stereocenters. The van der Waals surface area contributed by atoms with Gasteiger partial charge in [-0.15, -0.1) is 0 Å². The summed E-state index contributed by atoms with van der Waals surface area (Å²) in [5, 5.41) is 2.93. The zero-order valence-corrected chi connectivity index (χ0v) is 13.8. The Morgan fingerprint density at radius 1 is 0.920 bits per heavy atom. The summed E-state index contributed by atoms with van der Waals surface area (Å²) >= 11 is 0. The van der Waals surface area contributed by atoms with Crippen LogP contribution in [0.2, 0.25) is 0 Å². The van der Waals surface area contributed by atoms with E-state index in [2.05, 4.69) is 0 Å². The van der Waals surface area contributed by atoms with Crippen molar-refractivity contribution in [3.05, 3.63) is 93.8 Å². The second kappa shape index (κ2) is 6.02. The maximum Gasteiger partial charge on any atom is 0.339 e. The Labute approximate surface area is 144 Å². The van der Waals surface area contributed by atoms with Crippen LogP contribution >= 0.6 is 0 Å². The summed E-state index contributed by atoms with van der Waals surface area (Å²) in [7, 11) is 0. The highest BCUT2D eigenvalue weighted by atomic mass is 16.4. The Morgan fingerprint density at radius 3 is 2.48 bits per heavy atom. The van der Waals surface area contributed by atoms with Crippen LogP contribution in [0.4, 0.5) is 0 Å². The third-order valence-electron chi connectivity index (χ3n) is 4.44. The molecule has 4 aromatic rings. The third-order valence-corrected chi connectivity index (χ3v) is 4.44. The summed E-state index contributed by atoms with van der Waals surface area (Å²) in [5.41, 5.74) is 2.16. The molecule has 0 spiro atoms. The molecule has 0 N–H and O–H groups in total. The van der Waals surface area contributed by atoms with Gasteiger partial charge in [-0.2, -0.15) is 0 Å². The second-order valence-electron chi connectivity index (χ2n) is 6.22. The molecule has 0 amide bonds. The van der Waals surface area contributed by atoms with Gasteiger partial charge in [-0.05, 0) is 29.8 Å². The van der Waals surface area contributed by atoms with Crippen LogP contribution in [-0.2, 0) is 6.42 Å². The van der Waals surface area contributed by atoms with E-state index in [1.54, 1.807) is 24.3 Å². The van der Waals surface area contributed by atoms with Gasteiger partial charge >= 0.3 is 5.63 Å². The summed E-state index contributed by atoms with van der Waals surface area (Å²) in [6.45, 7) is 1.97. The summed E-state index contributed by atoms with van der Waals surface area (Å²) in [6, 6.07) is 20.8. The highest BCUT2D eigenvalue weighted by Crippen LogP contribution is 2.25. The summed E-state index contributed by atoms with van der Waals surface area (Å²) < 4.78 is 5.45. The number of hydrogen-bond acceptors (Lipinski definition) is 3. The molecular weight excluding hydrogens is 312 g/mol. The first-order valence-corrected chi connectivity index (χ1v) is 8.16. The summed E-state index contributed by atoms with van der Waals surface area (Å²) in [6.07, 6.45) is 0.0323. The Balaban J connectivity index is 1.80. The van der Waals surface area contributed by atoms with Gasteiger partial charge < -0.3 is 4.42 Å². The fourth-order valence-corrected chi connectivity index (χ4v) is 3.05. The number of aryl methyl sites for hydroxylation is 1. The van der Waals surface area contributed by atoms with Gasteiger partial charge in [-0.3, -0.25) is 4.79 Å². The SMILES string of the molecule is Cc1ccc(C(=O)Cc2cc3c(ccc4ccccc43)oc2=O)cc1. The third kappa shape index (κ3) is 2.85. The van der Waals surface area contributed by atoms with E-state index in [9.17, 15) is 9.59 Å². The molecule has 0 saturated carbocycles. The minimum atomic E-state index is -0.455. The van der Waals surface area contributed by atoms with Crippen molar-refractivity contribution in [1.29, 1.82) is 0 Å². The predicted octanol–water partition coefficient (Wildman–Crippen LogP) is 4.68. The normalized spacial score (nSPS) is 11.1. The second-order valence-corrected chi connectivity index (χ2v) is 6.22. The van der Waals surface area contributed by atoms with Crippen LogP contribution in [0.3, 0.4) is 0 Å². The van der Waals surface area contributed by atoms with Gasteiger partial charge in [0.05, 0.1) is 0 Å². The number of ketones is 1. The summed E-state index contributed by atoms with van der Waals surface area (Å²) in [5.74, 6) is -0.0908. The molecule has 0 atom stereocenters. The number of benzene rings is 3. The number of fused-ring (bicyclic) bond motifs is 3. The van der Waals surface area contributed by atoms with E-state index in [-0.39, 0.29) is 12.2 Å². The first-order chi connectivity index (χ1) is 12.1. The van der Waals surface area contributed by atoms with Crippen molar-refractivity contribution in [3.8, 4) is 0 Å². The number of carbonyl (C=O) groups is 1. The molecule has 1 aromatic heterocycles. The molecule has 1 heterocycles. The topological polar surface area (TPSA) is 47.3 Å². The number of carbonyl (C=O) groups excluding carboxylic acids is 1. The first kappa shape index (κ1) is 15.3. The average Bonchev–Trinajstić information content (AvgIpc) is 2.63. The lowest BCUT2D eigenvalue weighted by atomic mass is 10.0. The van der Waals surface area contributed by atoms with Crippen LogP contribution in [0.5, 0.6) is 0 Å². The molecule has 4 rings (SSSR count). The number of Topliss-reactive ketones (excluding diaryl/α,β-unsaturated/α-hetero) is 1. The van der Waals surface area contributed by atoms with Crippen LogP contribution in [0.25, 0.3) is 21.7 Å². The van der Waals surface area contributed by atoms with Gasteiger partial charge in [0.1, 0.15) is 5.58 Å². The Kier molecular flexibility index (Phi) is 3.69. The molecule has 3 heteroatoms. The standard InChI is InChI=1S/C22H16O3/c1-14-6-8-16(9-7-14)20(23)13-17-12-19-18-5-3-2-4-15(18)10-11-21(19)25-22(17)24/h2-12H,13H2,1H3. The minimum Gasteiger partial charge on any atom is -0.422 e. The Hall–Kier alpha value is -3.20. The van der Waals surface area contributed by atoms with Gasteiger partial charge in [-0.25, -0.2) is 4.79 Å². The fourth-order valence-electron chi connectivity index (χ4n) is 3.05. The maximum atomic E-state index is 12.5. The number of hydrogen-bond donors (Lipinski definition) is 0. The molecule has 122 valence electrons. The van der Waals surface area contributed by atoms with E-state index in [1.807, 2.05) is 49.4 Å². The lowest BCUT2D eigenvalue weighted by Crippen LogP contribution is -2.13. The monoisotopic (exact) mass is 328 g/mol. The highest BCUT2D eigenvalue weighted by Gasteiger charge is 2.13. The molecule has 25 heavy (non-hydrogen) atoms. The van der Waals surface area contributed by atoms with Gasteiger partial charge in [0.25, 0.3) is 0 Å². The molecular formula is C22H16O3. The van der Waals surface area contributed by atoms with Gasteiger partial charge in [0.15, 0.2) is 5.78 Å². The van der Waals surface area contributed by atoms with Crippen molar-refractivity contribution < 1.29 is 9.21 Å². The number of rotatable bonds is 3. The minimum absolute atomic E-state index is 0.0323. The van der Waals surface area contributed by atoms with Crippen molar-refractivity contribution in [3.63, 3.8) is 0 Å². The van der Waals surface area contributed by atoms with Crippen LogP contribution in [0.15, 0.2) is 75.9 Å². The van der Waals surface area contributed by atoms with E-state index < -0.39 is 5.63 Å². The average molecular weight is 328 g/mol. The molecule has 0 fully saturated rings. The summed E-state index contributed by atoms with van der Waals surface area (Å²) in [4.78, 5) is 24.8. The van der Waals surface area contributed by atoms with E-state index in [4.69, 9.17) is 4.42 Å². The van der Waals surface area contributed by atoms with Gasteiger partial charge in [0.2, 0.25) is 0 Å². The van der Waals surface area contributed by atoms with Crippen molar-refractivity contribution in [1.82, 2.24) is 0 Å².